The molecule has 1 aromatic heterocycles. The molecule has 3 aliphatic carbocycles. The predicted octanol–water partition coefficient (Wildman–Crippen LogP) is 8.66. The molecule has 3 nitrogen and oxygen atoms in total. The summed E-state index contributed by atoms with van der Waals surface area (Å²) >= 11 is 0. The Morgan fingerprint density at radius 3 is 2.44 bits per heavy atom. The Kier molecular flexibility index (Phi) is 6.51. The van der Waals surface area contributed by atoms with Crippen molar-refractivity contribution in [3.8, 4) is 0 Å². The van der Waals surface area contributed by atoms with Crippen LogP contribution in [0.5, 0.6) is 0 Å². The molecular formula is C31H46O3. The Labute approximate surface area is 207 Å². The van der Waals surface area contributed by atoms with Crippen molar-refractivity contribution >= 4 is 0 Å². The zero-order valence-electron chi connectivity index (χ0n) is 22.7. The van der Waals surface area contributed by atoms with Gasteiger partial charge in [-0.2, -0.15) is 0 Å². The van der Waals surface area contributed by atoms with E-state index in [1.54, 1.807) is 6.26 Å². The quantitative estimate of drug-likeness (QED) is 0.409. The van der Waals surface area contributed by atoms with Crippen LogP contribution in [0, 0.1) is 33.5 Å². The van der Waals surface area contributed by atoms with Crippen LogP contribution in [0.25, 0.3) is 0 Å². The van der Waals surface area contributed by atoms with Crippen molar-refractivity contribution in [3.05, 3.63) is 60.3 Å². The van der Waals surface area contributed by atoms with E-state index >= 15 is 0 Å². The highest BCUT2D eigenvalue weighted by molar-refractivity contribution is 5.40. The first kappa shape index (κ1) is 25.4. The van der Waals surface area contributed by atoms with E-state index in [2.05, 4.69) is 65.5 Å². The minimum Gasteiger partial charge on any atom is -0.485 e. The van der Waals surface area contributed by atoms with Crippen molar-refractivity contribution in [2.75, 3.05) is 7.11 Å². The molecular weight excluding hydrogens is 420 g/mol. The minimum atomic E-state index is -0.0846. The first-order valence-electron chi connectivity index (χ1n) is 13.4. The zero-order chi connectivity index (χ0) is 24.9. The maximum absolute atomic E-state index is 6.40. The molecule has 5 rings (SSSR count). The molecule has 0 spiro atoms. The lowest BCUT2D eigenvalue weighted by molar-refractivity contribution is -0.0717. The standard InChI is InChI=1S/C29H40O3.C2H6/c1-19-15-24-28(5,25(32-19)20-10-14-31-18-20)13-9-22-27(4)12-8-11-26(2,3)23(27)16-21(30-7)17-29(22,24)6;1-2/h8,10,12,14-15,18,21-23,25H,1,9,11,13,16-17H2,2-7H3;1-2H3/t21-,22?,23?,25+,27-,28-,29-;/m1./s1. The molecule has 188 valence electrons. The summed E-state index contributed by atoms with van der Waals surface area (Å²) in [6.07, 6.45) is 16.7. The van der Waals surface area contributed by atoms with Gasteiger partial charge in [0.2, 0.25) is 0 Å². The van der Waals surface area contributed by atoms with Crippen molar-refractivity contribution in [2.24, 2.45) is 33.5 Å². The third kappa shape index (κ3) is 3.65. The van der Waals surface area contributed by atoms with Gasteiger partial charge in [0.15, 0.2) is 0 Å². The second-order valence-electron chi connectivity index (χ2n) is 12.3. The third-order valence-electron chi connectivity index (χ3n) is 10.0. The summed E-state index contributed by atoms with van der Waals surface area (Å²) in [6.45, 7) is 20.7. The SMILES string of the molecule is C=C1C=C2[C@]3(C)C[C@H](OC)CC4C(C)(C)CC=C[C@]4(C)C3CC[C@@]2(C)[C@H](c2ccoc2)O1.CC. The molecule has 0 amide bonds. The predicted molar refractivity (Wildman–Crippen MR) is 139 cm³/mol. The molecule has 0 radical (unpaired) electrons. The molecule has 4 aliphatic rings. The zero-order valence-corrected chi connectivity index (χ0v) is 22.7. The van der Waals surface area contributed by atoms with Gasteiger partial charge in [0.25, 0.3) is 0 Å². The molecule has 2 saturated carbocycles. The van der Waals surface area contributed by atoms with Crippen LogP contribution in [0.4, 0.5) is 0 Å². The van der Waals surface area contributed by atoms with E-state index in [4.69, 9.17) is 13.9 Å². The van der Waals surface area contributed by atoms with Gasteiger partial charge in [-0.15, -0.1) is 0 Å². The minimum absolute atomic E-state index is 0.0175. The van der Waals surface area contributed by atoms with Gasteiger partial charge < -0.3 is 13.9 Å². The van der Waals surface area contributed by atoms with E-state index in [0.29, 0.717) is 11.8 Å². The van der Waals surface area contributed by atoms with Crippen molar-refractivity contribution in [1.82, 2.24) is 0 Å². The Balaban J connectivity index is 0.00000133. The Hall–Kier alpha value is -1.74. The fraction of sp³-hybridized carbons (Fsp3) is 0.677. The van der Waals surface area contributed by atoms with E-state index in [1.165, 1.54) is 12.0 Å². The fourth-order valence-electron chi connectivity index (χ4n) is 8.57. The summed E-state index contributed by atoms with van der Waals surface area (Å²) < 4.78 is 18.1. The average molecular weight is 467 g/mol. The molecule has 1 aliphatic heterocycles. The Morgan fingerprint density at radius 1 is 1.06 bits per heavy atom. The number of methoxy groups -OCH3 is 1. The molecule has 7 atom stereocenters. The van der Waals surface area contributed by atoms with Crippen LogP contribution in [0.3, 0.4) is 0 Å². The van der Waals surface area contributed by atoms with Crippen molar-refractivity contribution in [2.45, 2.75) is 92.8 Å². The third-order valence-corrected chi connectivity index (χ3v) is 10.0. The van der Waals surface area contributed by atoms with Crippen molar-refractivity contribution < 1.29 is 13.9 Å². The molecule has 34 heavy (non-hydrogen) atoms. The number of furan rings is 1. The van der Waals surface area contributed by atoms with Gasteiger partial charge in [-0.3, -0.25) is 0 Å². The largest absolute Gasteiger partial charge is 0.485 e. The first-order chi connectivity index (χ1) is 16.0. The summed E-state index contributed by atoms with van der Waals surface area (Å²) in [5.41, 5.74) is 2.98. The molecule has 2 fully saturated rings. The number of rotatable bonds is 2. The molecule has 1 aromatic rings. The highest BCUT2D eigenvalue weighted by Crippen LogP contribution is 2.70. The Bertz CT molecular complexity index is 953. The molecule has 2 unspecified atom stereocenters. The molecule has 0 aromatic carbocycles. The monoisotopic (exact) mass is 466 g/mol. The van der Waals surface area contributed by atoms with Crippen LogP contribution in [0.2, 0.25) is 0 Å². The van der Waals surface area contributed by atoms with Gasteiger partial charge in [-0.05, 0) is 72.3 Å². The molecule has 0 N–H and O–H groups in total. The highest BCUT2D eigenvalue weighted by atomic mass is 16.5. The van der Waals surface area contributed by atoms with E-state index in [-0.39, 0.29) is 33.9 Å². The lowest BCUT2D eigenvalue weighted by atomic mass is 9.44. The summed E-state index contributed by atoms with van der Waals surface area (Å²) in [6, 6.07) is 2.05. The van der Waals surface area contributed by atoms with Gasteiger partial charge in [0, 0.05) is 18.1 Å². The normalized spacial score (nSPS) is 42.6. The van der Waals surface area contributed by atoms with Crippen LogP contribution >= 0.6 is 0 Å². The van der Waals surface area contributed by atoms with E-state index < -0.39 is 0 Å². The Morgan fingerprint density at radius 2 is 1.79 bits per heavy atom. The molecule has 0 bridgehead atoms. The fourth-order valence-corrected chi connectivity index (χ4v) is 8.57. The van der Waals surface area contributed by atoms with Crippen LogP contribution in [-0.2, 0) is 9.47 Å². The van der Waals surface area contributed by atoms with Crippen LogP contribution in [0.15, 0.2) is 59.1 Å². The van der Waals surface area contributed by atoms with Crippen LogP contribution in [-0.4, -0.2) is 13.2 Å². The van der Waals surface area contributed by atoms with Gasteiger partial charge in [-0.25, -0.2) is 0 Å². The molecule has 0 saturated heterocycles. The van der Waals surface area contributed by atoms with Crippen molar-refractivity contribution in [3.63, 3.8) is 0 Å². The van der Waals surface area contributed by atoms with Crippen molar-refractivity contribution in [1.29, 1.82) is 0 Å². The van der Waals surface area contributed by atoms with E-state index in [1.807, 2.05) is 27.2 Å². The first-order valence-corrected chi connectivity index (χ1v) is 13.4. The lowest BCUT2D eigenvalue weighted by Crippen LogP contribution is -2.53. The number of allylic oxidation sites excluding steroid dienone is 3. The molecule has 3 heteroatoms. The summed E-state index contributed by atoms with van der Waals surface area (Å²) in [5, 5.41) is 0. The second kappa shape index (κ2) is 8.73. The van der Waals surface area contributed by atoms with E-state index in [9.17, 15) is 0 Å². The van der Waals surface area contributed by atoms with Gasteiger partial charge in [0.1, 0.15) is 11.9 Å². The number of hydrogen-bond donors (Lipinski definition) is 0. The van der Waals surface area contributed by atoms with Gasteiger partial charge in [-0.1, -0.05) is 72.8 Å². The second-order valence-corrected chi connectivity index (χ2v) is 12.3. The highest BCUT2D eigenvalue weighted by Gasteiger charge is 2.63. The van der Waals surface area contributed by atoms with Gasteiger partial charge >= 0.3 is 0 Å². The van der Waals surface area contributed by atoms with Gasteiger partial charge in [0.05, 0.1) is 18.6 Å². The number of fused-ring (bicyclic) bond motifs is 5. The number of ether oxygens (including phenoxy) is 2. The smallest absolute Gasteiger partial charge is 0.136 e. The maximum Gasteiger partial charge on any atom is 0.136 e. The molecule has 2 heterocycles. The lowest BCUT2D eigenvalue weighted by Gasteiger charge is -2.61. The van der Waals surface area contributed by atoms with E-state index in [0.717, 1.165) is 37.0 Å². The maximum atomic E-state index is 6.40. The average Bonchev–Trinajstić information content (AvgIpc) is 3.29. The summed E-state index contributed by atoms with van der Waals surface area (Å²) in [4.78, 5) is 0. The summed E-state index contributed by atoms with van der Waals surface area (Å²) in [7, 11) is 1.91. The number of hydrogen-bond acceptors (Lipinski definition) is 3. The van der Waals surface area contributed by atoms with Crippen LogP contribution < -0.4 is 0 Å². The topological polar surface area (TPSA) is 31.6 Å². The van der Waals surface area contributed by atoms with Crippen LogP contribution in [0.1, 0.15) is 92.2 Å². The summed E-state index contributed by atoms with van der Waals surface area (Å²) in [5.74, 6) is 1.94.